The van der Waals surface area contributed by atoms with Crippen molar-refractivity contribution in [2.24, 2.45) is 5.14 Å². The molecule has 2 aromatic rings. The summed E-state index contributed by atoms with van der Waals surface area (Å²) >= 11 is 0. The van der Waals surface area contributed by atoms with Crippen LogP contribution in [0, 0.1) is 6.92 Å². The Bertz CT molecular complexity index is 670. The number of anilines is 1. The summed E-state index contributed by atoms with van der Waals surface area (Å²) in [7, 11) is -3.68. The molecule has 1 aromatic carbocycles. The molecule has 0 saturated carbocycles. The molecule has 3 N–H and O–H groups in total. The van der Waals surface area contributed by atoms with Gasteiger partial charge in [0, 0.05) is 24.6 Å². The SMILES string of the molecule is Cc1ccc(S(N)(=O)=O)cc1NCc1ccncc1. The van der Waals surface area contributed by atoms with Gasteiger partial charge in [-0.3, -0.25) is 4.98 Å². The van der Waals surface area contributed by atoms with Gasteiger partial charge in [0.25, 0.3) is 0 Å². The van der Waals surface area contributed by atoms with E-state index in [1.54, 1.807) is 24.5 Å². The lowest BCUT2D eigenvalue weighted by Crippen LogP contribution is -2.13. The van der Waals surface area contributed by atoms with Crippen LogP contribution in [-0.4, -0.2) is 13.4 Å². The topological polar surface area (TPSA) is 85.1 Å². The lowest BCUT2D eigenvalue weighted by Gasteiger charge is -2.11. The van der Waals surface area contributed by atoms with Crippen LogP contribution >= 0.6 is 0 Å². The van der Waals surface area contributed by atoms with E-state index in [1.165, 1.54) is 6.07 Å². The minimum Gasteiger partial charge on any atom is -0.381 e. The summed E-state index contributed by atoms with van der Waals surface area (Å²) in [6, 6.07) is 8.57. The Morgan fingerprint density at radius 3 is 2.53 bits per heavy atom. The summed E-state index contributed by atoms with van der Waals surface area (Å²) < 4.78 is 22.6. The fourth-order valence-corrected chi connectivity index (χ4v) is 2.21. The van der Waals surface area contributed by atoms with E-state index in [1.807, 2.05) is 19.1 Å². The molecule has 1 aromatic heterocycles. The van der Waals surface area contributed by atoms with Gasteiger partial charge in [-0.15, -0.1) is 0 Å². The number of aryl methyl sites for hydroxylation is 1. The molecule has 0 aliphatic rings. The van der Waals surface area contributed by atoms with Crippen LogP contribution in [0.25, 0.3) is 0 Å². The maximum absolute atomic E-state index is 11.3. The summed E-state index contributed by atoms with van der Waals surface area (Å²) in [6.45, 7) is 2.50. The molecule has 0 aliphatic heterocycles. The van der Waals surface area contributed by atoms with Crippen molar-refractivity contribution in [1.29, 1.82) is 0 Å². The molecular weight excluding hydrogens is 262 g/mol. The number of primary sulfonamides is 1. The van der Waals surface area contributed by atoms with Crippen LogP contribution in [0.4, 0.5) is 5.69 Å². The Balaban J connectivity index is 2.21. The van der Waals surface area contributed by atoms with Gasteiger partial charge in [-0.2, -0.15) is 0 Å². The van der Waals surface area contributed by atoms with Crippen LogP contribution in [-0.2, 0) is 16.6 Å². The molecule has 5 nitrogen and oxygen atoms in total. The first-order valence-electron chi connectivity index (χ1n) is 5.73. The first-order valence-corrected chi connectivity index (χ1v) is 7.28. The fraction of sp³-hybridized carbons (Fsp3) is 0.154. The molecule has 100 valence electrons. The highest BCUT2D eigenvalue weighted by atomic mass is 32.2. The summed E-state index contributed by atoms with van der Waals surface area (Å²) in [5.41, 5.74) is 2.78. The molecule has 0 saturated heterocycles. The van der Waals surface area contributed by atoms with Gasteiger partial charge < -0.3 is 5.32 Å². The minimum absolute atomic E-state index is 0.107. The number of hydrogen-bond donors (Lipinski definition) is 2. The Hall–Kier alpha value is -1.92. The van der Waals surface area contributed by atoms with E-state index in [-0.39, 0.29) is 4.90 Å². The summed E-state index contributed by atoms with van der Waals surface area (Å²) in [5, 5.41) is 8.31. The van der Waals surface area contributed by atoms with Crippen molar-refractivity contribution >= 4 is 15.7 Å². The Kier molecular flexibility index (Phi) is 3.82. The smallest absolute Gasteiger partial charge is 0.238 e. The minimum atomic E-state index is -3.68. The number of rotatable bonds is 4. The zero-order valence-electron chi connectivity index (χ0n) is 10.5. The van der Waals surface area contributed by atoms with E-state index in [0.717, 1.165) is 16.8 Å². The van der Waals surface area contributed by atoms with Crippen molar-refractivity contribution in [2.75, 3.05) is 5.32 Å². The number of sulfonamides is 1. The molecule has 0 aliphatic carbocycles. The molecule has 6 heteroatoms. The van der Waals surface area contributed by atoms with E-state index in [9.17, 15) is 8.42 Å². The van der Waals surface area contributed by atoms with Gasteiger partial charge in [0.2, 0.25) is 10.0 Å². The molecule has 0 bridgehead atoms. The Labute approximate surface area is 112 Å². The van der Waals surface area contributed by atoms with Crippen LogP contribution in [0.3, 0.4) is 0 Å². The highest BCUT2D eigenvalue weighted by Crippen LogP contribution is 2.20. The van der Waals surface area contributed by atoms with Crippen LogP contribution in [0.1, 0.15) is 11.1 Å². The average Bonchev–Trinajstić information content (AvgIpc) is 2.37. The van der Waals surface area contributed by atoms with Crippen LogP contribution in [0.2, 0.25) is 0 Å². The van der Waals surface area contributed by atoms with Gasteiger partial charge in [-0.25, -0.2) is 13.6 Å². The average molecular weight is 277 g/mol. The van der Waals surface area contributed by atoms with Gasteiger partial charge >= 0.3 is 0 Å². The molecule has 0 amide bonds. The number of nitrogens with two attached hydrogens (primary N) is 1. The van der Waals surface area contributed by atoms with Gasteiger partial charge in [-0.05, 0) is 42.3 Å². The molecule has 19 heavy (non-hydrogen) atoms. The van der Waals surface area contributed by atoms with Crippen molar-refractivity contribution in [2.45, 2.75) is 18.4 Å². The van der Waals surface area contributed by atoms with Crippen molar-refractivity contribution in [3.05, 3.63) is 53.9 Å². The van der Waals surface area contributed by atoms with E-state index < -0.39 is 10.0 Å². The van der Waals surface area contributed by atoms with E-state index in [2.05, 4.69) is 10.3 Å². The molecule has 2 rings (SSSR count). The van der Waals surface area contributed by atoms with Gasteiger partial charge in [0.15, 0.2) is 0 Å². The standard InChI is InChI=1S/C13H15N3O2S/c1-10-2-3-12(19(14,17)18)8-13(10)16-9-11-4-6-15-7-5-11/h2-8,16H,9H2,1H3,(H2,14,17,18). The van der Waals surface area contributed by atoms with Gasteiger partial charge in [0.05, 0.1) is 4.90 Å². The van der Waals surface area contributed by atoms with E-state index >= 15 is 0 Å². The number of nitrogens with one attached hydrogen (secondary N) is 1. The molecule has 0 unspecified atom stereocenters. The zero-order valence-corrected chi connectivity index (χ0v) is 11.3. The number of nitrogens with zero attached hydrogens (tertiary/aromatic N) is 1. The summed E-state index contributed by atoms with van der Waals surface area (Å²) in [4.78, 5) is 4.05. The maximum atomic E-state index is 11.3. The first-order chi connectivity index (χ1) is 8.97. The number of benzene rings is 1. The zero-order chi connectivity index (χ0) is 13.9. The van der Waals surface area contributed by atoms with Crippen molar-refractivity contribution in [3.8, 4) is 0 Å². The number of hydrogen-bond acceptors (Lipinski definition) is 4. The second-order valence-corrected chi connectivity index (χ2v) is 5.79. The third-order valence-corrected chi connectivity index (χ3v) is 3.68. The van der Waals surface area contributed by atoms with E-state index in [4.69, 9.17) is 5.14 Å². The largest absolute Gasteiger partial charge is 0.381 e. The number of aromatic nitrogens is 1. The molecule has 0 radical (unpaired) electrons. The molecular formula is C13H15N3O2S. The molecule has 0 spiro atoms. The summed E-state index contributed by atoms with van der Waals surface area (Å²) in [5.74, 6) is 0. The molecule has 0 fully saturated rings. The van der Waals surface area contributed by atoms with Crippen LogP contribution < -0.4 is 10.5 Å². The van der Waals surface area contributed by atoms with Crippen LogP contribution in [0.15, 0.2) is 47.6 Å². The summed E-state index contributed by atoms with van der Waals surface area (Å²) in [6.07, 6.45) is 3.43. The lowest BCUT2D eigenvalue weighted by molar-refractivity contribution is 0.598. The second-order valence-electron chi connectivity index (χ2n) is 4.23. The Morgan fingerprint density at radius 2 is 1.89 bits per heavy atom. The van der Waals surface area contributed by atoms with Crippen molar-refractivity contribution < 1.29 is 8.42 Å². The highest BCUT2D eigenvalue weighted by molar-refractivity contribution is 7.89. The van der Waals surface area contributed by atoms with Crippen molar-refractivity contribution in [1.82, 2.24) is 4.98 Å². The third kappa shape index (κ3) is 3.52. The predicted molar refractivity (Wildman–Crippen MR) is 74.1 cm³/mol. The fourth-order valence-electron chi connectivity index (χ4n) is 1.67. The van der Waals surface area contributed by atoms with Gasteiger partial charge in [0.1, 0.15) is 0 Å². The quantitative estimate of drug-likeness (QED) is 0.889. The predicted octanol–water partition coefficient (Wildman–Crippen LogP) is 1.65. The second kappa shape index (κ2) is 5.38. The Morgan fingerprint density at radius 1 is 1.21 bits per heavy atom. The lowest BCUT2D eigenvalue weighted by atomic mass is 10.2. The first kappa shape index (κ1) is 13.5. The maximum Gasteiger partial charge on any atom is 0.238 e. The molecule has 1 heterocycles. The normalized spacial score (nSPS) is 11.3. The van der Waals surface area contributed by atoms with Crippen LogP contribution in [0.5, 0.6) is 0 Å². The third-order valence-electron chi connectivity index (χ3n) is 2.77. The van der Waals surface area contributed by atoms with Gasteiger partial charge in [-0.1, -0.05) is 6.07 Å². The van der Waals surface area contributed by atoms with E-state index in [0.29, 0.717) is 6.54 Å². The molecule has 0 atom stereocenters. The highest BCUT2D eigenvalue weighted by Gasteiger charge is 2.09. The monoisotopic (exact) mass is 277 g/mol. The van der Waals surface area contributed by atoms with Crippen molar-refractivity contribution in [3.63, 3.8) is 0 Å². The number of pyridine rings is 1.